The fourth-order valence-corrected chi connectivity index (χ4v) is 4.00. The summed E-state index contributed by atoms with van der Waals surface area (Å²) in [6.07, 6.45) is 12.0. The van der Waals surface area contributed by atoms with Crippen molar-refractivity contribution < 1.29 is 4.79 Å². The molecule has 0 aromatic carbocycles. The Labute approximate surface area is 111 Å². The second kappa shape index (κ2) is 6.05. The normalized spacial score (nSPS) is 34.4. The minimum atomic E-state index is -0.399. The largest absolute Gasteiger partial charge is 0.368 e. The lowest BCUT2D eigenvalue weighted by atomic mass is 9.83. The molecule has 2 atom stereocenters. The summed E-state index contributed by atoms with van der Waals surface area (Å²) in [7, 11) is 0. The SMILES string of the molecule is CCC1CCCC1(NC1CCCCCC1)C(N)=O. The molecule has 0 heterocycles. The molecule has 3 N–H and O–H groups in total. The van der Waals surface area contributed by atoms with Gasteiger partial charge in [-0.1, -0.05) is 45.4 Å². The third kappa shape index (κ3) is 2.71. The van der Waals surface area contributed by atoms with E-state index < -0.39 is 5.54 Å². The highest BCUT2D eigenvalue weighted by molar-refractivity contribution is 5.85. The van der Waals surface area contributed by atoms with Crippen LogP contribution in [0.1, 0.15) is 71.1 Å². The topological polar surface area (TPSA) is 55.1 Å². The molecule has 2 unspecified atom stereocenters. The van der Waals surface area contributed by atoms with Gasteiger partial charge in [0, 0.05) is 6.04 Å². The Hall–Kier alpha value is -0.570. The van der Waals surface area contributed by atoms with Crippen LogP contribution < -0.4 is 11.1 Å². The summed E-state index contributed by atoms with van der Waals surface area (Å²) < 4.78 is 0. The summed E-state index contributed by atoms with van der Waals surface area (Å²) in [6, 6.07) is 0.507. The number of nitrogens with one attached hydrogen (secondary N) is 1. The van der Waals surface area contributed by atoms with Gasteiger partial charge in [0.25, 0.3) is 0 Å². The van der Waals surface area contributed by atoms with Crippen LogP contribution in [0.2, 0.25) is 0 Å². The summed E-state index contributed by atoms with van der Waals surface area (Å²) in [5.74, 6) is 0.328. The highest BCUT2D eigenvalue weighted by Gasteiger charge is 2.47. The van der Waals surface area contributed by atoms with Crippen molar-refractivity contribution in [3.8, 4) is 0 Å². The second-order valence-corrected chi connectivity index (χ2v) is 6.17. The fraction of sp³-hybridized carbons (Fsp3) is 0.933. The van der Waals surface area contributed by atoms with Crippen LogP contribution in [0, 0.1) is 5.92 Å². The van der Waals surface area contributed by atoms with Crippen molar-refractivity contribution in [2.24, 2.45) is 11.7 Å². The van der Waals surface area contributed by atoms with Gasteiger partial charge < -0.3 is 11.1 Å². The van der Waals surface area contributed by atoms with Crippen molar-refractivity contribution in [1.82, 2.24) is 5.32 Å². The van der Waals surface area contributed by atoms with E-state index in [1.165, 1.54) is 38.5 Å². The third-order valence-electron chi connectivity index (χ3n) is 5.07. The molecule has 2 saturated carbocycles. The van der Waals surface area contributed by atoms with Gasteiger partial charge >= 0.3 is 0 Å². The number of hydrogen-bond acceptors (Lipinski definition) is 2. The van der Waals surface area contributed by atoms with Crippen LogP contribution in [0.25, 0.3) is 0 Å². The van der Waals surface area contributed by atoms with E-state index >= 15 is 0 Å². The lowest BCUT2D eigenvalue weighted by Crippen LogP contribution is -2.60. The average Bonchev–Trinajstić information content (AvgIpc) is 2.59. The molecule has 2 rings (SSSR count). The van der Waals surface area contributed by atoms with Gasteiger partial charge in [0.1, 0.15) is 5.54 Å². The van der Waals surface area contributed by atoms with Crippen LogP contribution >= 0.6 is 0 Å². The fourth-order valence-electron chi connectivity index (χ4n) is 4.00. The predicted octanol–water partition coefficient (Wildman–Crippen LogP) is 2.73. The van der Waals surface area contributed by atoms with Gasteiger partial charge in [-0.3, -0.25) is 4.79 Å². The molecule has 0 aromatic rings. The first-order valence-electron chi connectivity index (χ1n) is 7.76. The highest BCUT2D eigenvalue weighted by Crippen LogP contribution is 2.39. The van der Waals surface area contributed by atoms with E-state index in [9.17, 15) is 4.79 Å². The number of carbonyl (C=O) groups is 1. The minimum absolute atomic E-state index is 0.115. The molecule has 2 aliphatic carbocycles. The number of amides is 1. The van der Waals surface area contributed by atoms with Crippen molar-refractivity contribution in [3.63, 3.8) is 0 Å². The van der Waals surface area contributed by atoms with E-state index in [0.717, 1.165) is 25.7 Å². The third-order valence-corrected chi connectivity index (χ3v) is 5.07. The number of carbonyl (C=O) groups excluding carboxylic acids is 1. The molecule has 0 saturated heterocycles. The molecule has 18 heavy (non-hydrogen) atoms. The molecule has 1 amide bonds. The Bertz CT molecular complexity index is 284. The van der Waals surface area contributed by atoms with Crippen LogP contribution in [0.5, 0.6) is 0 Å². The molecular formula is C15H28N2O. The van der Waals surface area contributed by atoms with Gasteiger partial charge in [-0.05, 0) is 31.6 Å². The van der Waals surface area contributed by atoms with Crippen LogP contribution in [-0.2, 0) is 4.79 Å². The molecule has 0 radical (unpaired) electrons. The van der Waals surface area contributed by atoms with Crippen molar-refractivity contribution in [2.75, 3.05) is 0 Å². The van der Waals surface area contributed by atoms with Gasteiger partial charge in [0.2, 0.25) is 5.91 Å². The summed E-state index contributed by atoms with van der Waals surface area (Å²) in [5, 5.41) is 3.70. The Morgan fingerprint density at radius 1 is 1.17 bits per heavy atom. The first-order chi connectivity index (χ1) is 8.69. The van der Waals surface area contributed by atoms with Crippen LogP contribution in [0.3, 0.4) is 0 Å². The monoisotopic (exact) mass is 252 g/mol. The molecule has 0 aliphatic heterocycles. The Morgan fingerprint density at radius 3 is 2.39 bits per heavy atom. The zero-order valence-electron chi connectivity index (χ0n) is 11.7. The van der Waals surface area contributed by atoms with Crippen molar-refractivity contribution in [3.05, 3.63) is 0 Å². The molecule has 3 heteroatoms. The van der Waals surface area contributed by atoms with E-state index in [1.807, 2.05) is 0 Å². The molecule has 2 fully saturated rings. The van der Waals surface area contributed by atoms with E-state index in [2.05, 4.69) is 12.2 Å². The Balaban J connectivity index is 2.07. The summed E-state index contributed by atoms with van der Waals surface area (Å²) in [6.45, 7) is 2.18. The maximum atomic E-state index is 12.0. The lowest BCUT2D eigenvalue weighted by Gasteiger charge is -2.37. The standard InChI is InChI=1S/C15H28N2O/c1-2-12-8-7-11-15(12,14(16)18)17-13-9-5-3-4-6-10-13/h12-13,17H,2-11H2,1H3,(H2,16,18). The van der Waals surface area contributed by atoms with Crippen LogP contribution in [-0.4, -0.2) is 17.5 Å². The molecule has 104 valence electrons. The number of hydrogen-bond donors (Lipinski definition) is 2. The zero-order valence-corrected chi connectivity index (χ0v) is 11.7. The average molecular weight is 252 g/mol. The number of rotatable bonds is 4. The molecule has 3 nitrogen and oxygen atoms in total. The van der Waals surface area contributed by atoms with Gasteiger partial charge in [-0.25, -0.2) is 0 Å². The second-order valence-electron chi connectivity index (χ2n) is 6.17. The predicted molar refractivity (Wildman–Crippen MR) is 74.2 cm³/mol. The Kier molecular flexibility index (Phi) is 4.66. The van der Waals surface area contributed by atoms with E-state index in [0.29, 0.717) is 12.0 Å². The molecule has 0 aromatic heterocycles. The smallest absolute Gasteiger partial charge is 0.238 e. The van der Waals surface area contributed by atoms with E-state index in [4.69, 9.17) is 5.73 Å². The minimum Gasteiger partial charge on any atom is -0.368 e. The molecule has 0 spiro atoms. The zero-order chi connectivity index (χ0) is 13.0. The first kappa shape index (κ1) is 13.9. The first-order valence-corrected chi connectivity index (χ1v) is 7.76. The maximum absolute atomic E-state index is 12.0. The summed E-state index contributed by atoms with van der Waals surface area (Å²) >= 11 is 0. The lowest BCUT2D eigenvalue weighted by molar-refractivity contribution is -0.126. The Morgan fingerprint density at radius 2 is 1.83 bits per heavy atom. The molecule has 2 aliphatic rings. The quantitative estimate of drug-likeness (QED) is 0.756. The summed E-state index contributed by atoms with van der Waals surface area (Å²) in [4.78, 5) is 12.0. The van der Waals surface area contributed by atoms with Gasteiger partial charge in [0.15, 0.2) is 0 Å². The van der Waals surface area contributed by atoms with Crippen LogP contribution in [0.4, 0.5) is 0 Å². The van der Waals surface area contributed by atoms with E-state index in [1.54, 1.807) is 0 Å². The molecular weight excluding hydrogens is 224 g/mol. The molecule has 0 bridgehead atoms. The van der Waals surface area contributed by atoms with E-state index in [-0.39, 0.29) is 5.91 Å². The number of nitrogens with two attached hydrogens (primary N) is 1. The van der Waals surface area contributed by atoms with Gasteiger partial charge in [0.05, 0.1) is 0 Å². The number of primary amides is 1. The summed E-state index contributed by atoms with van der Waals surface area (Å²) in [5.41, 5.74) is 5.35. The van der Waals surface area contributed by atoms with Crippen molar-refractivity contribution in [1.29, 1.82) is 0 Å². The highest BCUT2D eigenvalue weighted by atomic mass is 16.1. The maximum Gasteiger partial charge on any atom is 0.238 e. The van der Waals surface area contributed by atoms with Gasteiger partial charge in [-0.2, -0.15) is 0 Å². The van der Waals surface area contributed by atoms with Crippen molar-refractivity contribution >= 4 is 5.91 Å². The van der Waals surface area contributed by atoms with Crippen molar-refractivity contribution in [2.45, 2.75) is 82.7 Å². The van der Waals surface area contributed by atoms with Gasteiger partial charge in [-0.15, -0.1) is 0 Å². The van der Waals surface area contributed by atoms with Crippen LogP contribution in [0.15, 0.2) is 0 Å².